The summed E-state index contributed by atoms with van der Waals surface area (Å²) in [6.07, 6.45) is 6.65. The lowest BCUT2D eigenvalue weighted by Crippen LogP contribution is -2.07. The molecule has 2 aromatic rings. The van der Waals surface area contributed by atoms with Gasteiger partial charge in [0.2, 0.25) is 0 Å². The summed E-state index contributed by atoms with van der Waals surface area (Å²) >= 11 is 0. The normalized spacial score (nSPS) is 14.9. The van der Waals surface area contributed by atoms with E-state index in [9.17, 15) is 0 Å². The van der Waals surface area contributed by atoms with Crippen molar-refractivity contribution in [1.82, 2.24) is 14.5 Å². The zero-order valence-electron chi connectivity index (χ0n) is 12.3. The van der Waals surface area contributed by atoms with Crippen LogP contribution in [0.1, 0.15) is 56.1 Å². The Morgan fingerprint density at radius 3 is 2.80 bits per heavy atom. The number of fused-ring (bicyclic) bond motifs is 1. The van der Waals surface area contributed by atoms with Gasteiger partial charge in [-0.1, -0.05) is 12.8 Å². The van der Waals surface area contributed by atoms with Crippen molar-refractivity contribution in [3.63, 3.8) is 0 Å². The van der Waals surface area contributed by atoms with Gasteiger partial charge in [-0.05, 0) is 38.7 Å². The fourth-order valence-corrected chi connectivity index (χ4v) is 2.77. The summed E-state index contributed by atoms with van der Waals surface area (Å²) in [5.41, 5.74) is 3.38. The van der Waals surface area contributed by atoms with Gasteiger partial charge >= 0.3 is 0 Å². The Kier molecular flexibility index (Phi) is 3.21. The molecule has 0 radical (unpaired) electrons. The van der Waals surface area contributed by atoms with Crippen LogP contribution in [-0.4, -0.2) is 14.5 Å². The largest absolute Gasteiger partial charge is 0.310 e. The molecule has 0 aliphatic heterocycles. The van der Waals surface area contributed by atoms with Gasteiger partial charge in [-0.15, -0.1) is 0 Å². The molecule has 2 heterocycles. The van der Waals surface area contributed by atoms with Crippen LogP contribution in [0.15, 0.2) is 6.20 Å². The molecule has 0 spiro atoms. The molecule has 1 saturated carbocycles. The summed E-state index contributed by atoms with van der Waals surface area (Å²) in [5.74, 6) is 2.02. The van der Waals surface area contributed by atoms with Crippen LogP contribution in [0.3, 0.4) is 0 Å². The summed E-state index contributed by atoms with van der Waals surface area (Å²) in [6.45, 7) is 6.29. The van der Waals surface area contributed by atoms with E-state index in [0.717, 1.165) is 34.9 Å². The van der Waals surface area contributed by atoms with Gasteiger partial charge in [-0.25, -0.2) is 9.97 Å². The maximum atomic E-state index is 9.12. The van der Waals surface area contributed by atoms with E-state index in [-0.39, 0.29) is 0 Å². The molecule has 20 heavy (non-hydrogen) atoms. The van der Waals surface area contributed by atoms with Crippen molar-refractivity contribution in [2.45, 2.75) is 52.5 Å². The molecule has 1 aliphatic carbocycles. The molecule has 0 saturated heterocycles. The van der Waals surface area contributed by atoms with E-state index in [1.807, 2.05) is 6.92 Å². The quantitative estimate of drug-likeness (QED) is 0.852. The molecule has 0 atom stereocenters. The summed E-state index contributed by atoms with van der Waals surface area (Å²) < 4.78 is 2.23. The summed E-state index contributed by atoms with van der Waals surface area (Å²) in [7, 11) is 0. The number of nitrogens with zero attached hydrogens (tertiary/aromatic N) is 4. The highest BCUT2D eigenvalue weighted by molar-refractivity contribution is 5.77. The highest BCUT2D eigenvalue weighted by Gasteiger charge is 2.23. The third kappa shape index (κ3) is 2.18. The number of hydrogen-bond acceptors (Lipinski definition) is 3. The maximum absolute atomic E-state index is 9.12. The van der Waals surface area contributed by atoms with Gasteiger partial charge in [-0.3, -0.25) is 0 Å². The van der Waals surface area contributed by atoms with Gasteiger partial charge in [-0.2, -0.15) is 5.26 Å². The third-order valence-electron chi connectivity index (χ3n) is 4.14. The standard InChI is InChI=1S/C16H20N4/c1-10(2)20-14(7-6-12-4-5-12)19-15-11(3)13(8-17)9-18-16(15)20/h9-10,12H,4-7H2,1-3H3. The molecule has 4 heteroatoms. The van der Waals surface area contributed by atoms with E-state index in [0.29, 0.717) is 11.6 Å². The molecule has 0 amide bonds. The van der Waals surface area contributed by atoms with E-state index in [2.05, 4.69) is 29.5 Å². The highest BCUT2D eigenvalue weighted by atomic mass is 15.1. The van der Waals surface area contributed by atoms with E-state index in [1.165, 1.54) is 19.3 Å². The number of imidazole rings is 1. The van der Waals surface area contributed by atoms with Crippen LogP contribution < -0.4 is 0 Å². The molecule has 1 fully saturated rings. The molecule has 104 valence electrons. The van der Waals surface area contributed by atoms with E-state index >= 15 is 0 Å². The van der Waals surface area contributed by atoms with Crippen LogP contribution in [0, 0.1) is 24.2 Å². The van der Waals surface area contributed by atoms with Crippen LogP contribution in [0.25, 0.3) is 11.2 Å². The molecule has 3 rings (SSSR count). The van der Waals surface area contributed by atoms with Crippen molar-refractivity contribution in [2.75, 3.05) is 0 Å². The summed E-state index contributed by atoms with van der Waals surface area (Å²) in [4.78, 5) is 9.27. The summed E-state index contributed by atoms with van der Waals surface area (Å²) in [5, 5.41) is 9.12. The SMILES string of the molecule is Cc1c(C#N)cnc2c1nc(CCC1CC1)n2C(C)C. The number of pyridine rings is 1. The average Bonchev–Trinajstić information content (AvgIpc) is 3.16. The fourth-order valence-electron chi connectivity index (χ4n) is 2.77. The predicted octanol–water partition coefficient (Wildman–Crippen LogP) is 3.53. The topological polar surface area (TPSA) is 54.5 Å². The second-order valence-corrected chi connectivity index (χ2v) is 6.05. The number of nitriles is 1. The minimum absolute atomic E-state index is 0.342. The van der Waals surface area contributed by atoms with Gasteiger partial charge in [0.15, 0.2) is 5.65 Å². The molecule has 0 bridgehead atoms. The Hall–Kier alpha value is -1.89. The number of rotatable bonds is 4. The maximum Gasteiger partial charge on any atom is 0.160 e. The predicted molar refractivity (Wildman–Crippen MR) is 78.4 cm³/mol. The molecular formula is C16H20N4. The Morgan fingerprint density at radius 1 is 1.45 bits per heavy atom. The van der Waals surface area contributed by atoms with Crippen molar-refractivity contribution in [3.05, 3.63) is 23.1 Å². The molecule has 0 aromatic carbocycles. The first kappa shape index (κ1) is 13.1. The fraction of sp³-hybridized carbons (Fsp3) is 0.562. The first-order valence-corrected chi connectivity index (χ1v) is 7.38. The van der Waals surface area contributed by atoms with Gasteiger partial charge in [0, 0.05) is 18.7 Å². The van der Waals surface area contributed by atoms with Crippen LogP contribution in [0.5, 0.6) is 0 Å². The van der Waals surface area contributed by atoms with Crippen molar-refractivity contribution in [1.29, 1.82) is 5.26 Å². The van der Waals surface area contributed by atoms with Gasteiger partial charge < -0.3 is 4.57 Å². The van der Waals surface area contributed by atoms with Gasteiger partial charge in [0.25, 0.3) is 0 Å². The monoisotopic (exact) mass is 268 g/mol. The van der Waals surface area contributed by atoms with Crippen molar-refractivity contribution < 1.29 is 0 Å². The lowest BCUT2D eigenvalue weighted by Gasteiger charge is -2.12. The van der Waals surface area contributed by atoms with Crippen LogP contribution in [0.4, 0.5) is 0 Å². The molecular weight excluding hydrogens is 248 g/mol. The zero-order valence-corrected chi connectivity index (χ0v) is 12.3. The number of hydrogen-bond donors (Lipinski definition) is 0. The smallest absolute Gasteiger partial charge is 0.160 e. The molecule has 2 aromatic heterocycles. The van der Waals surface area contributed by atoms with Crippen molar-refractivity contribution in [2.24, 2.45) is 5.92 Å². The Bertz CT molecular complexity index is 687. The van der Waals surface area contributed by atoms with Gasteiger partial charge in [0.05, 0.1) is 5.56 Å². The number of aromatic nitrogens is 3. The lowest BCUT2D eigenvalue weighted by atomic mass is 10.1. The van der Waals surface area contributed by atoms with E-state index in [4.69, 9.17) is 10.2 Å². The number of aryl methyl sites for hydroxylation is 2. The Balaban J connectivity index is 2.10. The van der Waals surface area contributed by atoms with Crippen LogP contribution >= 0.6 is 0 Å². The Morgan fingerprint density at radius 2 is 2.20 bits per heavy atom. The second kappa shape index (κ2) is 4.90. The van der Waals surface area contributed by atoms with Crippen LogP contribution in [0.2, 0.25) is 0 Å². The van der Waals surface area contributed by atoms with Crippen molar-refractivity contribution in [3.8, 4) is 6.07 Å². The molecule has 1 aliphatic rings. The summed E-state index contributed by atoms with van der Waals surface area (Å²) in [6, 6.07) is 2.54. The first-order chi connectivity index (χ1) is 9.61. The first-order valence-electron chi connectivity index (χ1n) is 7.38. The van der Waals surface area contributed by atoms with E-state index < -0.39 is 0 Å². The Labute approximate surface area is 119 Å². The second-order valence-electron chi connectivity index (χ2n) is 6.05. The highest BCUT2D eigenvalue weighted by Crippen LogP contribution is 2.34. The third-order valence-corrected chi connectivity index (χ3v) is 4.14. The van der Waals surface area contributed by atoms with Crippen LogP contribution in [-0.2, 0) is 6.42 Å². The van der Waals surface area contributed by atoms with Crippen molar-refractivity contribution >= 4 is 11.2 Å². The molecule has 0 N–H and O–H groups in total. The lowest BCUT2D eigenvalue weighted by molar-refractivity contribution is 0.563. The minimum Gasteiger partial charge on any atom is -0.310 e. The zero-order chi connectivity index (χ0) is 14.3. The molecule has 4 nitrogen and oxygen atoms in total. The van der Waals surface area contributed by atoms with Gasteiger partial charge in [0.1, 0.15) is 17.4 Å². The molecule has 0 unspecified atom stereocenters. The average molecular weight is 268 g/mol. The minimum atomic E-state index is 0.342. The van der Waals surface area contributed by atoms with E-state index in [1.54, 1.807) is 6.20 Å².